The molecule has 0 amide bonds. The predicted molar refractivity (Wildman–Crippen MR) is 87.4 cm³/mol. The van der Waals surface area contributed by atoms with E-state index in [4.69, 9.17) is 9.47 Å². The molecular weight excluding hydrogens is 334 g/mol. The summed E-state index contributed by atoms with van der Waals surface area (Å²) in [4.78, 5) is 11.7. The number of carbonyl (C=O) groups excluding carboxylic acids is 1. The van der Waals surface area contributed by atoms with Crippen molar-refractivity contribution >= 4 is 21.9 Å². The molecule has 0 fully saturated rings. The number of rotatable bonds is 8. The lowest BCUT2D eigenvalue weighted by atomic mass is 10.1. The third-order valence-electron chi connectivity index (χ3n) is 2.81. The zero-order valence-electron chi connectivity index (χ0n) is 13.1. The van der Waals surface area contributed by atoms with Gasteiger partial charge in [-0.15, -0.1) is 0 Å². The summed E-state index contributed by atoms with van der Waals surface area (Å²) >= 11 is 3.46. The average Bonchev–Trinajstić information content (AvgIpc) is 2.41. The van der Waals surface area contributed by atoms with Crippen LogP contribution in [0, 0.1) is 5.92 Å². The second-order valence-electron chi connectivity index (χ2n) is 5.29. The molecule has 1 aromatic rings. The van der Waals surface area contributed by atoms with Crippen LogP contribution in [0.15, 0.2) is 22.7 Å². The van der Waals surface area contributed by atoms with Gasteiger partial charge in [-0.2, -0.15) is 0 Å². The molecule has 1 rings (SSSR count). The molecule has 0 aromatic heterocycles. The molecule has 0 saturated heterocycles. The van der Waals surface area contributed by atoms with E-state index in [9.17, 15) is 4.79 Å². The first kappa shape index (κ1) is 18.0. The van der Waals surface area contributed by atoms with E-state index in [1.54, 1.807) is 13.8 Å². The first-order chi connectivity index (χ1) is 9.93. The van der Waals surface area contributed by atoms with Crippen LogP contribution in [-0.2, 0) is 16.1 Å². The van der Waals surface area contributed by atoms with Crippen molar-refractivity contribution in [2.24, 2.45) is 5.92 Å². The third-order valence-corrected chi connectivity index (χ3v) is 3.31. The number of benzene rings is 1. The number of hydrogen-bond donors (Lipinski definition) is 1. The lowest BCUT2D eigenvalue weighted by Gasteiger charge is -2.17. The van der Waals surface area contributed by atoms with Gasteiger partial charge in [0.1, 0.15) is 5.75 Å². The minimum atomic E-state index is -0.616. The summed E-state index contributed by atoms with van der Waals surface area (Å²) < 4.78 is 11.7. The van der Waals surface area contributed by atoms with Crippen molar-refractivity contribution in [2.45, 2.75) is 40.3 Å². The summed E-state index contributed by atoms with van der Waals surface area (Å²) in [7, 11) is 0. The molecule has 0 spiro atoms. The van der Waals surface area contributed by atoms with Gasteiger partial charge in [-0.05, 0) is 44.5 Å². The van der Waals surface area contributed by atoms with Gasteiger partial charge in [-0.1, -0.05) is 29.8 Å². The van der Waals surface area contributed by atoms with Crippen molar-refractivity contribution in [1.29, 1.82) is 0 Å². The second kappa shape index (κ2) is 9.05. The normalized spacial score (nSPS) is 12.3. The van der Waals surface area contributed by atoms with E-state index in [1.165, 1.54) is 0 Å². The Bertz CT molecular complexity index is 463. The lowest BCUT2D eigenvalue weighted by Crippen LogP contribution is -2.27. The van der Waals surface area contributed by atoms with E-state index < -0.39 is 6.10 Å². The van der Waals surface area contributed by atoms with E-state index in [1.807, 2.05) is 18.2 Å². The molecular formula is C16H24BrNO3. The Morgan fingerprint density at radius 3 is 2.67 bits per heavy atom. The molecule has 1 unspecified atom stereocenters. The average molecular weight is 358 g/mol. The Morgan fingerprint density at radius 2 is 2.05 bits per heavy atom. The maximum Gasteiger partial charge on any atom is 0.347 e. The predicted octanol–water partition coefficient (Wildman–Crippen LogP) is 3.53. The van der Waals surface area contributed by atoms with Crippen molar-refractivity contribution in [3.05, 3.63) is 28.2 Å². The molecule has 1 aromatic carbocycles. The highest BCUT2D eigenvalue weighted by Gasteiger charge is 2.17. The SMILES string of the molecule is CCOC(=O)C(C)Oc1ccc(Br)cc1CNCC(C)C. The van der Waals surface area contributed by atoms with Crippen LogP contribution >= 0.6 is 15.9 Å². The molecule has 0 aliphatic rings. The van der Waals surface area contributed by atoms with Crippen LogP contribution in [-0.4, -0.2) is 25.2 Å². The first-order valence-electron chi connectivity index (χ1n) is 7.26. The zero-order chi connectivity index (χ0) is 15.8. The van der Waals surface area contributed by atoms with E-state index in [2.05, 4.69) is 35.1 Å². The van der Waals surface area contributed by atoms with E-state index in [0.717, 1.165) is 16.6 Å². The minimum Gasteiger partial charge on any atom is -0.479 e. The smallest absolute Gasteiger partial charge is 0.347 e. The second-order valence-corrected chi connectivity index (χ2v) is 6.20. The Morgan fingerprint density at radius 1 is 1.33 bits per heavy atom. The molecule has 0 aliphatic carbocycles. The molecule has 4 nitrogen and oxygen atoms in total. The summed E-state index contributed by atoms with van der Waals surface area (Å²) in [6.45, 7) is 9.79. The number of nitrogens with one attached hydrogen (secondary N) is 1. The van der Waals surface area contributed by atoms with Gasteiger partial charge < -0.3 is 14.8 Å². The Balaban J connectivity index is 2.74. The molecule has 1 atom stereocenters. The summed E-state index contributed by atoms with van der Waals surface area (Å²) in [6, 6.07) is 5.77. The molecule has 0 bridgehead atoms. The van der Waals surface area contributed by atoms with Crippen molar-refractivity contribution in [1.82, 2.24) is 5.32 Å². The van der Waals surface area contributed by atoms with Crippen molar-refractivity contribution in [3.63, 3.8) is 0 Å². The number of halogens is 1. The van der Waals surface area contributed by atoms with Gasteiger partial charge >= 0.3 is 5.97 Å². The summed E-state index contributed by atoms with van der Waals surface area (Å²) in [5.41, 5.74) is 1.01. The van der Waals surface area contributed by atoms with Gasteiger partial charge in [0.05, 0.1) is 6.61 Å². The van der Waals surface area contributed by atoms with Gasteiger partial charge in [-0.3, -0.25) is 0 Å². The quantitative estimate of drug-likeness (QED) is 0.723. The first-order valence-corrected chi connectivity index (χ1v) is 8.05. The molecule has 1 N–H and O–H groups in total. The van der Waals surface area contributed by atoms with Crippen molar-refractivity contribution < 1.29 is 14.3 Å². The summed E-state index contributed by atoms with van der Waals surface area (Å²) in [6.07, 6.45) is -0.616. The van der Waals surface area contributed by atoms with Gasteiger partial charge in [0.15, 0.2) is 6.10 Å². The number of carbonyl (C=O) groups is 1. The molecule has 118 valence electrons. The molecule has 0 aliphatic heterocycles. The minimum absolute atomic E-state index is 0.346. The highest BCUT2D eigenvalue weighted by molar-refractivity contribution is 9.10. The number of esters is 1. The summed E-state index contributed by atoms with van der Waals surface area (Å²) in [5, 5.41) is 3.38. The maximum atomic E-state index is 11.7. The fraction of sp³-hybridized carbons (Fsp3) is 0.562. The van der Waals surface area contributed by atoms with Crippen LogP contribution in [0.25, 0.3) is 0 Å². The summed E-state index contributed by atoms with van der Waals surface area (Å²) in [5.74, 6) is 0.941. The van der Waals surface area contributed by atoms with E-state index in [0.29, 0.717) is 24.8 Å². The van der Waals surface area contributed by atoms with Gasteiger partial charge in [0.2, 0.25) is 0 Å². The molecule has 0 radical (unpaired) electrons. The molecule has 5 heteroatoms. The Kier molecular flexibility index (Phi) is 7.75. The molecule has 0 saturated carbocycles. The molecule has 0 heterocycles. The Labute approximate surface area is 135 Å². The standard InChI is InChI=1S/C16H24BrNO3/c1-5-20-16(19)12(4)21-15-7-6-14(17)8-13(15)10-18-9-11(2)3/h6-8,11-12,18H,5,9-10H2,1-4H3. The Hall–Kier alpha value is -1.07. The van der Waals surface area contributed by atoms with Crippen LogP contribution in [0.5, 0.6) is 5.75 Å². The largest absolute Gasteiger partial charge is 0.479 e. The zero-order valence-corrected chi connectivity index (χ0v) is 14.7. The van der Waals surface area contributed by atoms with Crippen LogP contribution in [0.3, 0.4) is 0 Å². The van der Waals surface area contributed by atoms with Gasteiger partial charge in [0, 0.05) is 16.6 Å². The fourth-order valence-corrected chi connectivity index (χ4v) is 2.20. The van der Waals surface area contributed by atoms with Crippen molar-refractivity contribution in [3.8, 4) is 5.75 Å². The number of ether oxygens (including phenoxy) is 2. The third kappa shape index (κ3) is 6.48. The highest BCUT2D eigenvalue weighted by atomic mass is 79.9. The molecule has 21 heavy (non-hydrogen) atoms. The van der Waals surface area contributed by atoms with Gasteiger partial charge in [-0.25, -0.2) is 4.79 Å². The number of hydrogen-bond acceptors (Lipinski definition) is 4. The van der Waals surface area contributed by atoms with Crippen LogP contribution in [0.1, 0.15) is 33.3 Å². The highest BCUT2D eigenvalue weighted by Crippen LogP contribution is 2.24. The maximum absolute atomic E-state index is 11.7. The topological polar surface area (TPSA) is 47.6 Å². The van der Waals surface area contributed by atoms with Crippen LogP contribution in [0.4, 0.5) is 0 Å². The fourth-order valence-electron chi connectivity index (χ4n) is 1.79. The van der Waals surface area contributed by atoms with E-state index in [-0.39, 0.29) is 5.97 Å². The monoisotopic (exact) mass is 357 g/mol. The van der Waals surface area contributed by atoms with Gasteiger partial charge in [0.25, 0.3) is 0 Å². The van der Waals surface area contributed by atoms with Crippen molar-refractivity contribution in [2.75, 3.05) is 13.2 Å². The van der Waals surface area contributed by atoms with Crippen LogP contribution < -0.4 is 10.1 Å². The van der Waals surface area contributed by atoms with E-state index >= 15 is 0 Å². The van der Waals surface area contributed by atoms with Crippen LogP contribution in [0.2, 0.25) is 0 Å². The lowest BCUT2D eigenvalue weighted by molar-refractivity contribution is -0.150.